The van der Waals surface area contributed by atoms with Gasteiger partial charge in [-0.3, -0.25) is 4.79 Å². The summed E-state index contributed by atoms with van der Waals surface area (Å²) in [6, 6.07) is 4.14. The molecule has 0 aliphatic carbocycles. The Labute approximate surface area is 104 Å². The lowest BCUT2D eigenvalue weighted by molar-refractivity contribution is -0.128. The van der Waals surface area contributed by atoms with Crippen molar-refractivity contribution in [3.05, 3.63) is 22.4 Å². The summed E-state index contributed by atoms with van der Waals surface area (Å²) in [5, 5.41) is 2.29. The fraction of sp³-hybridized carbons (Fsp3) is 0.545. The van der Waals surface area contributed by atoms with Crippen molar-refractivity contribution in [3.63, 3.8) is 0 Å². The molecule has 0 aromatic carbocycles. The van der Waals surface area contributed by atoms with Crippen molar-refractivity contribution in [2.75, 3.05) is 26.0 Å². The lowest BCUT2D eigenvalue weighted by Crippen LogP contribution is -2.29. The zero-order chi connectivity index (χ0) is 11.4. The van der Waals surface area contributed by atoms with E-state index in [1.54, 1.807) is 30.2 Å². The Kier molecular flexibility index (Phi) is 4.26. The molecule has 0 bridgehead atoms. The molecular formula is C11H15NO2S2. The van der Waals surface area contributed by atoms with Crippen molar-refractivity contribution < 1.29 is 9.53 Å². The van der Waals surface area contributed by atoms with Gasteiger partial charge in [0.2, 0.25) is 5.91 Å². The average molecular weight is 257 g/mol. The number of thioether (sulfide) groups is 1. The van der Waals surface area contributed by atoms with Gasteiger partial charge < -0.3 is 9.64 Å². The van der Waals surface area contributed by atoms with Gasteiger partial charge in [-0.1, -0.05) is 6.07 Å². The van der Waals surface area contributed by atoms with Crippen LogP contribution in [0.5, 0.6) is 0 Å². The Morgan fingerprint density at radius 3 is 3.19 bits per heavy atom. The van der Waals surface area contributed by atoms with Gasteiger partial charge in [-0.2, -0.15) is 0 Å². The molecule has 2 rings (SSSR count). The minimum Gasteiger partial charge on any atom is -0.385 e. The van der Waals surface area contributed by atoms with E-state index >= 15 is 0 Å². The van der Waals surface area contributed by atoms with Gasteiger partial charge in [-0.25, -0.2) is 0 Å². The maximum atomic E-state index is 11.7. The predicted molar refractivity (Wildman–Crippen MR) is 67.7 cm³/mol. The van der Waals surface area contributed by atoms with Gasteiger partial charge in [-0.15, -0.1) is 23.1 Å². The number of carbonyl (C=O) groups excluding carboxylic acids is 1. The SMILES string of the molecule is COCCCN1C(=O)CSC1c1cccs1. The monoisotopic (exact) mass is 257 g/mol. The summed E-state index contributed by atoms with van der Waals surface area (Å²) in [5.41, 5.74) is 0. The van der Waals surface area contributed by atoms with Crippen LogP contribution in [0.4, 0.5) is 0 Å². The summed E-state index contributed by atoms with van der Waals surface area (Å²) >= 11 is 3.44. The van der Waals surface area contributed by atoms with Crippen LogP contribution < -0.4 is 0 Å². The summed E-state index contributed by atoms with van der Waals surface area (Å²) in [6.07, 6.45) is 0.907. The fourth-order valence-corrected chi connectivity index (χ4v) is 3.94. The molecule has 1 fully saturated rings. The Bertz CT molecular complexity index is 340. The molecular weight excluding hydrogens is 242 g/mol. The number of nitrogens with zero attached hydrogens (tertiary/aromatic N) is 1. The third-order valence-corrected chi connectivity index (χ3v) is 4.81. The quantitative estimate of drug-likeness (QED) is 0.758. The third kappa shape index (κ3) is 2.59. The third-order valence-electron chi connectivity index (χ3n) is 2.50. The maximum absolute atomic E-state index is 11.7. The Morgan fingerprint density at radius 1 is 1.62 bits per heavy atom. The van der Waals surface area contributed by atoms with Crippen molar-refractivity contribution in [3.8, 4) is 0 Å². The molecule has 1 amide bonds. The standard InChI is InChI=1S/C11H15NO2S2/c1-14-6-3-5-12-10(13)8-16-11(12)9-4-2-7-15-9/h2,4,7,11H,3,5-6,8H2,1H3. The fourth-order valence-electron chi connectivity index (χ4n) is 1.74. The number of carbonyl (C=O) groups is 1. The van der Waals surface area contributed by atoms with E-state index in [4.69, 9.17) is 4.74 Å². The largest absolute Gasteiger partial charge is 0.385 e. The summed E-state index contributed by atoms with van der Waals surface area (Å²) < 4.78 is 5.02. The van der Waals surface area contributed by atoms with Gasteiger partial charge in [-0.05, 0) is 17.9 Å². The molecule has 88 valence electrons. The molecule has 1 atom stereocenters. The normalized spacial score (nSPS) is 20.7. The van der Waals surface area contributed by atoms with Crippen molar-refractivity contribution >= 4 is 29.0 Å². The first-order valence-corrected chi connectivity index (χ1v) is 7.19. The molecule has 1 aliphatic rings. The summed E-state index contributed by atoms with van der Waals surface area (Å²) in [5.74, 6) is 0.856. The second-order valence-electron chi connectivity index (χ2n) is 3.61. The number of hydrogen-bond donors (Lipinski definition) is 0. The van der Waals surface area contributed by atoms with E-state index in [0.717, 1.165) is 13.0 Å². The molecule has 0 spiro atoms. The highest BCUT2D eigenvalue weighted by atomic mass is 32.2. The molecule has 0 radical (unpaired) electrons. The van der Waals surface area contributed by atoms with Gasteiger partial charge in [0.15, 0.2) is 0 Å². The van der Waals surface area contributed by atoms with Crippen LogP contribution in [0, 0.1) is 0 Å². The lowest BCUT2D eigenvalue weighted by Gasteiger charge is -2.22. The van der Waals surface area contributed by atoms with Crippen LogP contribution in [0.1, 0.15) is 16.7 Å². The average Bonchev–Trinajstić information content (AvgIpc) is 2.89. The van der Waals surface area contributed by atoms with Gasteiger partial charge in [0.05, 0.1) is 5.75 Å². The van der Waals surface area contributed by atoms with E-state index in [1.807, 2.05) is 11.0 Å². The number of ether oxygens (including phenoxy) is 1. The number of rotatable bonds is 5. The number of methoxy groups -OCH3 is 1. The lowest BCUT2D eigenvalue weighted by atomic mass is 10.3. The van der Waals surface area contributed by atoms with E-state index in [9.17, 15) is 4.79 Å². The molecule has 1 saturated heterocycles. The van der Waals surface area contributed by atoms with Crippen molar-refractivity contribution in [2.45, 2.75) is 11.8 Å². The second kappa shape index (κ2) is 5.70. The zero-order valence-corrected chi connectivity index (χ0v) is 10.9. The van der Waals surface area contributed by atoms with E-state index in [0.29, 0.717) is 12.4 Å². The van der Waals surface area contributed by atoms with Crippen LogP contribution in [0.15, 0.2) is 17.5 Å². The molecule has 16 heavy (non-hydrogen) atoms. The Balaban J connectivity index is 1.99. The van der Waals surface area contributed by atoms with Gasteiger partial charge in [0.25, 0.3) is 0 Å². The molecule has 0 saturated carbocycles. The van der Waals surface area contributed by atoms with Crippen LogP contribution >= 0.6 is 23.1 Å². The molecule has 1 aliphatic heterocycles. The van der Waals surface area contributed by atoms with Gasteiger partial charge in [0.1, 0.15) is 5.37 Å². The number of amides is 1. The molecule has 1 aromatic heterocycles. The number of thiophene rings is 1. The minimum absolute atomic E-state index is 0.226. The molecule has 2 heterocycles. The zero-order valence-electron chi connectivity index (χ0n) is 9.22. The van der Waals surface area contributed by atoms with E-state index < -0.39 is 0 Å². The smallest absolute Gasteiger partial charge is 0.233 e. The first-order valence-electron chi connectivity index (χ1n) is 5.26. The number of hydrogen-bond acceptors (Lipinski definition) is 4. The first kappa shape index (κ1) is 12.0. The highest BCUT2D eigenvalue weighted by Gasteiger charge is 2.32. The van der Waals surface area contributed by atoms with Crippen LogP contribution in [0.3, 0.4) is 0 Å². The van der Waals surface area contributed by atoms with Crippen LogP contribution in [-0.4, -0.2) is 36.8 Å². The van der Waals surface area contributed by atoms with Crippen molar-refractivity contribution in [1.29, 1.82) is 0 Å². The maximum Gasteiger partial charge on any atom is 0.233 e. The molecule has 0 N–H and O–H groups in total. The second-order valence-corrected chi connectivity index (χ2v) is 5.66. The Hall–Kier alpha value is -0.520. The Morgan fingerprint density at radius 2 is 2.50 bits per heavy atom. The topological polar surface area (TPSA) is 29.5 Å². The molecule has 1 unspecified atom stereocenters. The van der Waals surface area contributed by atoms with Crippen LogP contribution in [-0.2, 0) is 9.53 Å². The van der Waals surface area contributed by atoms with Crippen LogP contribution in [0.25, 0.3) is 0 Å². The summed E-state index contributed by atoms with van der Waals surface area (Å²) in [7, 11) is 1.69. The predicted octanol–water partition coefficient (Wildman–Crippen LogP) is 2.36. The van der Waals surface area contributed by atoms with E-state index in [2.05, 4.69) is 11.4 Å². The van der Waals surface area contributed by atoms with Crippen molar-refractivity contribution in [1.82, 2.24) is 4.90 Å². The molecule has 1 aromatic rings. The van der Waals surface area contributed by atoms with Crippen LogP contribution in [0.2, 0.25) is 0 Å². The van der Waals surface area contributed by atoms with Crippen molar-refractivity contribution in [2.24, 2.45) is 0 Å². The van der Waals surface area contributed by atoms with Gasteiger partial charge >= 0.3 is 0 Å². The summed E-state index contributed by atoms with van der Waals surface area (Å²) in [4.78, 5) is 15.0. The van der Waals surface area contributed by atoms with E-state index in [1.165, 1.54) is 4.88 Å². The van der Waals surface area contributed by atoms with E-state index in [-0.39, 0.29) is 11.3 Å². The summed E-state index contributed by atoms with van der Waals surface area (Å²) in [6.45, 7) is 1.51. The first-order chi connectivity index (χ1) is 7.83. The highest BCUT2D eigenvalue weighted by molar-refractivity contribution is 8.00. The molecule has 5 heteroatoms. The molecule has 3 nitrogen and oxygen atoms in total. The minimum atomic E-state index is 0.226. The van der Waals surface area contributed by atoms with Gasteiger partial charge in [0, 0.05) is 25.1 Å². The highest BCUT2D eigenvalue weighted by Crippen LogP contribution is 2.40.